The van der Waals surface area contributed by atoms with Crippen molar-refractivity contribution in [1.29, 1.82) is 0 Å². The van der Waals surface area contributed by atoms with Crippen LogP contribution in [0.4, 0.5) is 0 Å². The molecule has 2 aliphatic rings. The SMILES string of the molecule is Cc1cc(C(=O)N2CCCCC2c2ncc3c(n2)CCNC3)cs1. The molecule has 0 aromatic carbocycles. The van der Waals surface area contributed by atoms with Crippen molar-refractivity contribution in [3.63, 3.8) is 0 Å². The molecule has 0 bridgehead atoms. The van der Waals surface area contributed by atoms with E-state index in [1.54, 1.807) is 11.3 Å². The molecule has 2 aromatic heterocycles. The number of likely N-dealkylation sites (tertiary alicyclic amines) is 1. The number of rotatable bonds is 2. The molecule has 2 aromatic rings. The zero-order valence-electron chi connectivity index (χ0n) is 13.9. The van der Waals surface area contributed by atoms with E-state index in [1.165, 1.54) is 10.4 Å². The Morgan fingerprint density at radius 2 is 2.33 bits per heavy atom. The van der Waals surface area contributed by atoms with Crippen LogP contribution in [0.5, 0.6) is 0 Å². The van der Waals surface area contributed by atoms with Gasteiger partial charge in [0.2, 0.25) is 0 Å². The van der Waals surface area contributed by atoms with Gasteiger partial charge in [-0.25, -0.2) is 9.97 Å². The molecule has 1 amide bonds. The minimum atomic E-state index is 0.00615. The number of thiophene rings is 1. The first-order chi connectivity index (χ1) is 11.7. The smallest absolute Gasteiger partial charge is 0.255 e. The Labute approximate surface area is 146 Å². The van der Waals surface area contributed by atoms with Crippen LogP contribution in [-0.4, -0.2) is 33.9 Å². The van der Waals surface area contributed by atoms with Gasteiger partial charge in [0, 0.05) is 53.8 Å². The molecule has 1 fully saturated rings. The highest BCUT2D eigenvalue weighted by molar-refractivity contribution is 7.10. The molecule has 0 saturated carbocycles. The van der Waals surface area contributed by atoms with Gasteiger partial charge in [0.05, 0.1) is 11.6 Å². The number of fused-ring (bicyclic) bond motifs is 1. The first-order valence-corrected chi connectivity index (χ1v) is 9.52. The van der Waals surface area contributed by atoms with Gasteiger partial charge in [-0.05, 0) is 32.3 Å². The molecule has 1 N–H and O–H groups in total. The van der Waals surface area contributed by atoms with Crippen molar-refractivity contribution in [1.82, 2.24) is 20.2 Å². The molecular weight excluding hydrogens is 320 g/mol. The predicted molar refractivity (Wildman–Crippen MR) is 94.1 cm³/mol. The molecule has 0 aliphatic carbocycles. The average molecular weight is 342 g/mol. The number of carbonyl (C=O) groups is 1. The minimum Gasteiger partial charge on any atom is -0.328 e. The number of amides is 1. The highest BCUT2D eigenvalue weighted by Gasteiger charge is 2.31. The topological polar surface area (TPSA) is 58.1 Å². The molecule has 4 heterocycles. The van der Waals surface area contributed by atoms with E-state index in [1.807, 2.05) is 29.5 Å². The second-order valence-electron chi connectivity index (χ2n) is 6.58. The second kappa shape index (κ2) is 6.61. The lowest BCUT2D eigenvalue weighted by Gasteiger charge is -2.35. The van der Waals surface area contributed by atoms with Gasteiger partial charge in [0.25, 0.3) is 5.91 Å². The van der Waals surface area contributed by atoms with E-state index in [2.05, 4.69) is 10.3 Å². The summed E-state index contributed by atoms with van der Waals surface area (Å²) in [6, 6.07) is 1.99. The molecular formula is C18H22N4OS. The first-order valence-electron chi connectivity index (χ1n) is 8.64. The third-order valence-corrected chi connectivity index (χ3v) is 5.73. The number of aryl methyl sites for hydroxylation is 1. The second-order valence-corrected chi connectivity index (χ2v) is 7.70. The van der Waals surface area contributed by atoms with Crippen molar-refractivity contribution in [3.8, 4) is 0 Å². The van der Waals surface area contributed by atoms with Gasteiger partial charge in [-0.1, -0.05) is 0 Å². The summed E-state index contributed by atoms with van der Waals surface area (Å²) in [5, 5.41) is 5.31. The van der Waals surface area contributed by atoms with E-state index in [4.69, 9.17) is 4.98 Å². The quantitative estimate of drug-likeness (QED) is 0.912. The van der Waals surface area contributed by atoms with Crippen molar-refractivity contribution in [3.05, 3.63) is 45.2 Å². The normalized spacial score (nSPS) is 20.7. The van der Waals surface area contributed by atoms with E-state index in [-0.39, 0.29) is 11.9 Å². The molecule has 1 atom stereocenters. The number of hydrogen-bond donors (Lipinski definition) is 1. The van der Waals surface area contributed by atoms with Crippen molar-refractivity contribution in [2.75, 3.05) is 13.1 Å². The van der Waals surface area contributed by atoms with E-state index in [9.17, 15) is 4.79 Å². The van der Waals surface area contributed by atoms with E-state index in [0.717, 1.165) is 62.4 Å². The monoisotopic (exact) mass is 342 g/mol. The van der Waals surface area contributed by atoms with Crippen molar-refractivity contribution in [2.45, 2.75) is 45.2 Å². The van der Waals surface area contributed by atoms with Crippen LogP contribution in [-0.2, 0) is 13.0 Å². The zero-order chi connectivity index (χ0) is 16.5. The lowest BCUT2D eigenvalue weighted by molar-refractivity contribution is 0.0600. The summed E-state index contributed by atoms with van der Waals surface area (Å²) in [5.74, 6) is 0.933. The van der Waals surface area contributed by atoms with Gasteiger partial charge in [0.1, 0.15) is 0 Å². The van der Waals surface area contributed by atoms with E-state index in [0.29, 0.717) is 0 Å². The molecule has 6 heteroatoms. The molecule has 2 aliphatic heterocycles. The highest BCUT2D eigenvalue weighted by atomic mass is 32.1. The fourth-order valence-electron chi connectivity index (χ4n) is 3.58. The van der Waals surface area contributed by atoms with Gasteiger partial charge in [0.15, 0.2) is 5.82 Å². The van der Waals surface area contributed by atoms with Crippen LogP contribution < -0.4 is 5.32 Å². The van der Waals surface area contributed by atoms with Gasteiger partial charge in [-0.15, -0.1) is 11.3 Å². The highest BCUT2D eigenvalue weighted by Crippen LogP contribution is 2.31. The number of carbonyl (C=O) groups excluding carboxylic acids is 1. The third-order valence-electron chi connectivity index (χ3n) is 4.87. The summed E-state index contributed by atoms with van der Waals surface area (Å²) in [6.07, 6.45) is 6.01. The van der Waals surface area contributed by atoms with E-state index >= 15 is 0 Å². The zero-order valence-corrected chi connectivity index (χ0v) is 14.7. The maximum atomic E-state index is 13.0. The van der Waals surface area contributed by atoms with Crippen LogP contribution in [0.2, 0.25) is 0 Å². The van der Waals surface area contributed by atoms with Crippen LogP contribution in [0.1, 0.15) is 57.6 Å². The van der Waals surface area contributed by atoms with E-state index < -0.39 is 0 Å². The fourth-order valence-corrected chi connectivity index (χ4v) is 4.25. The maximum absolute atomic E-state index is 13.0. The maximum Gasteiger partial charge on any atom is 0.255 e. The summed E-state index contributed by atoms with van der Waals surface area (Å²) < 4.78 is 0. The molecule has 4 rings (SSSR count). The molecule has 5 nitrogen and oxygen atoms in total. The van der Waals surface area contributed by atoms with Crippen molar-refractivity contribution >= 4 is 17.2 Å². The molecule has 0 spiro atoms. The molecule has 1 saturated heterocycles. The van der Waals surface area contributed by atoms with Crippen LogP contribution in [0, 0.1) is 6.92 Å². The minimum absolute atomic E-state index is 0.00615. The Morgan fingerprint density at radius 1 is 1.42 bits per heavy atom. The number of hydrogen-bond acceptors (Lipinski definition) is 5. The molecule has 1 unspecified atom stereocenters. The number of piperidine rings is 1. The van der Waals surface area contributed by atoms with Gasteiger partial charge in [-0.2, -0.15) is 0 Å². The fraction of sp³-hybridized carbons (Fsp3) is 0.500. The Balaban J connectivity index is 1.63. The van der Waals surface area contributed by atoms with Crippen molar-refractivity contribution < 1.29 is 4.79 Å². The van der Waals surface area contributed by atoms with Gasteiger partial charge >= 0.3 is 0 Å². The molecule has 126 valence electrons. The summed E-state index contributed by atoms with van der Waals surface area (Å²) in [6.45, 7) is 4.64. The average Bonchev–Trinajstić information content (AvgIpc) is 3.07. The molecule has 0 radical (unpaired) electrons. The predicted octanol–water partition coefficient (Wildman–Crippen LogP) is 2.86. The Hall–Kier alpha value is -1.79. The number of nitrogens with one attached hydrogen (secondary N) is 1. The Kier molecular flexibility index (Phi) is 4.33. The third kappa shape index (κ3) is 2.96. The summed E-state index contributed by atoms with van der Waals surface area (Å²) >= 11 is 1.63. The van der Waals surface area contributed by atoms with Crippen LogP contribution in [0.3, 0.4) is 0 Å². The summed E-state index contributed by atoms with van der Waals surface area (Å²) in [5.41, 5.74) is 3.13. The van der Waals surface area contributed by atoms with Gasteiger partial charge in [-0.3, -0.25) is 4.79 Å². The Bertz CT molecular complexity index is 757. The van der Waals surface area contributed by atoms with Crippen LogP contribution in [0.25, 0.3) is 0 Å². The number of nitrogens with zero attached hydrogens (tertiary/aromatic N) is 3. The summed E-state index contributed by atoms with van der Waals surface area (Å²) in [7, 11) is 0. The largest absolute Gasteiger partial charge is 0.328 e. The van der Waals surface area contributed by atoms with Crippen LogP contribution >= 0.6 is 11.3 Å². The Morgan fingerprint density at radius 3 is 3.17 bits per heavy atom. The summed E-state index contributed by atoms with van der Waals surface area (Å²) in [4.78, 5) is 25.5. The van der Waals surface area contributed by atoms with Crippen molar-refractivity contribution in [2.24, 2.45) is 0 Å². The lowest BCUT2D eigenvalue weighted by Crippen LogP contribution is -2.39. The number of aromatic nitrogens is 2. The standard InChI is InChI=1S/C18H22N4OS/c1-12-8-13(11-24-12)18(23)22-7-3-2-4-16(22)17-20-10-14-9-19-6-5-15(14)21-17/h8,10-11,16,19H,2-7,9H2,1H3. The lowest BCUT2D eigenvalue weighted by atomic mass is 9.99. The van der Waals surface area contributed by atoms with Crippen LogP contribution in [0.15, 0.2) is 17.6 Å². The molecule has 24 heavy (non-hydrogen) atoms. The van der Waals surface area contributed by atoms with Gasteiger partial charge < -0.3 is 10.2 Å². The first kappa shape index (κ1) is 15.7.